The quantitative estimate of drug-likeness (QED) is 0.546. The molecule has 4 rings (SSSR count). The number of hydrogen-bond donors (Lipinski definition) is 1. The number of unbranched alkanes of at least 4 members (excludes halogenated alkanes) is 2. The van der Waals surface area contributed by atoms with Gasteiger partial charge in [0.1, 0.15) is 0 Å². The Morgan fingerprint density at radius 3 is 2.50 bits per heavy atom. The van der Waals surface area contributed by atoms with Gasteiger partial charge < -0.3 is 10.0 Å². The summed E-state index contributed by atoms with van der Waals surface area (Å²) in [5.74, 6) is 0.132. The molecule has 1 aliphatic rings. The SMILES string of the molecule is O=C(CCCCCn1cnc2ccccc2c1=O)N1CCC(O)(c2ccc(Cl)cc2)CC1. The van der Waals surface area contributed by atoms with Crippen molar-refractivity contribution in [3.63, 3.8) is 0 Å². The lowest BCUT2D eigenvalue weighted by molar-refractivity contribution is -0.135. The summed E-state index contributed by atoms with van der Waals surface area (Å²) < 4.78 is 1.65. The fourth-order valence-electron chi connectivity index (χ4n) is 4.33. The Balaban J connectivity index is 1.20. The molecule has 168 valence electrons. The maximum absolute atomic E-state index is 12.6. The van der Waals surface area contributed by atoms with Crippen molar-refractivity contribution < 1.29 is 9.90 Å². The van der Waals surface area contributed by atoms with E-state index < -0.39 is 5.60 Å². The van der Waals surface area contributed by atoms with Crippen molar-refractivity contribution >= 4 is 28.4 Å². The molecule has 32 heavy (non-hydrogen) atoms. The highest BCUT2D eigenvalue weighted by atomic mass is 35.5. The Bertz CT molecular complexity index is 1140. The molecule has 2 heterocycles. The highest BCUT2D eigenvalue weighted by molar-refractivity contribution is 6.30. The summed E-state index contributed by atoms with van der Waals surface area (Å²) in [6.45, 7) is 1.70. The molecular weight excluding hydrogens is 426 g/mol. The lowest BCUT2D eigenvalue weighted by atomic mass is 9.84. The number of rotatable bonds is 7. The molecular formula is C25H28ClN3O3. The van der Waals surface area contributed by atoms with Gasteiger partial charge in [-0.1, -0.05) is 42.3 Å². The van der Waals surface area contributed by atoms with Crippen LogP contribution in [-0.4, -0.2) is 38.6 Å². The van der Waals surface area contributed by atoms with Crippen LogP contribution in [0.4, 0.5) is 0 Å². The predicted octanol–water partition coefficient (Wildman–Crippen LogP) is 4.12. The van der Waals surface area contributed by atoms with Crippen molar-refractivity contribution in [1.82, 2.24) is 14.5 Å². The lowest BCUT2D eigenvalue weighted by Crippen LogP contribution is -2.45. The molecule has 0 unspecified atom stereocenters. The van der Waals surface area contributed by atoms with Gasteiger partial charge in [-0.15, -0.1) is 0 Å². The average Bonchev–Trinajstić information content (AvgIpc) is 2.81. The molecule has 1 fully saturated rings. The molecule has 0 atom stereocenters. The minimum absolute atomic E-state index is 0.0202. The first-order chi connectivity index (χ1) is 15.5. The van der Waals surface area contributed by atoms with Crippen molar-refractivity contribution in [1.29, 1.82) is 0 Å². The van der Waals surface area contributed by atoms with Crippen molar-refractivity contribution in [2.45, 2.75) is 50.7 Å². The van der Waals surface area contributed by atoms with E-state index in [1.54, 1.807) is 29.1 Å². The van der Waals surface area contributed by atoms with Crippen molar-refractivity contribution in [3.8, 4) is 0 Å². The van der Waals surface area contributed by atoms with Crippen LogP contribution in [0.1, 0.15) is 44.1 Å². The van der Waals surface area contributed by atoms with E-state index in [9.17, 15) is 14.7 Å². The van der Waals surface area contributed by atoms with Gasteiger partial charge in [-0.05, 0) is 55.5 Å². The highest BCUT2D eigenvalue weighted by Crippen LogP contribution is 2.33. The van der Waals surface area contributed by atoms with Crippen LogP contribution in [0.15, 0.2) is 59.7 Å². The fourth-order valence-corrected chi connectivity index (χ4v) is 4.46. The minimum Gasteiger partial charge on any atom is -0.385 e. The number of para-hydroxylation sites is 1. The van der Waals surface area contributed by atoms with Crippen molar-refractivity contribution in [2.75, 3.05) is 13.1 Å². The number of benzene rings is 2. The van der Waals surface area contributed by atoms with Crippen LogP contribution < -0.4 is 5.56 Å². The van der Waals surface area contributed by atoms with Crippen LogP contribution in [0.2, 0.25) is 5.02 Å². The number of fused-ring (bicyclic) bond motifs is 1. The van der Waals surface area contributed by atoms with Gasteiger partial charge in [0, 0.05) is 31.1 Å². The number of nitrogens with zero attached hydrogens (tertiary/aromatic N) is 3. The second-order valence-electron chi connectivity index (χ2n) is 8.49. The molecule has 7 heteroatoms. The molecule has 1 saturated heterocycles. The Hall–Kier alpha value is -2.70. The van der Waals surface area contributed by atoms with Crippen LogP contribution in [0.25, 0.3) is 10.9 Å². The standard InChI is InChI=1S/C25H28ClN3O3/c26-20-11-9-19(10-12-20)25(32)13-16-28(17-14-25)23(30)8-2-1-5-15-29-18-27-22-7-4-3-6-21(22)24(29)31/h3-4,6-7,9-12,18,32H,1-2,5,8,13-17H2. The number of carbonyl (C=O) groups excluding carboxylic acids is 1. The van der Waals surface area contributed by atoms with Crippen LogP contribution >= 0.6 is 11.6 Å². The molecule has 2 aromatic carbocycles. The van der Waals surface area contributed by atoms with Gasteiger partial charge in [-0.25, -0.2) is 4.98 Å². The van der Waals surface area contributed by atoms with E-state index >= 15 is 0 Å². The Morgan fingerprint density at radius 2 is 1.75 bits per heavy atom. The first-order valence-corrected chi connectivity index (χ1v) is 11.5. The molecule has 3 aromatic rings. The molecule has 0 radical (unpaired) electrons. The topological polar surface area (TPSA) is 75.4 Å². The Morgan fingerprint density at radius 1 is 1.03 bits per heavy atom. The number of aliphatic hydroxyl groups is 1. The first-order valence-electron chi connectivity index (χ1n) is 11.2. The fraction of sp³-hybridized carbons (Fsp3) is 0.400. The normalized spacial score (nSPS) is 15.8. The summed E-state index contributed by atoms with van der Waals surface area (Å²) in [7, 11) is 0. The number of halogens is 1. The molecule has 1 aromatic heterocycles. The number of hydrogen-bond acceptors (Lipinski definition) is 4. The van der Waals surface area contributed by atoms with Crippen molar-refractivity contribution in [2.24, 2.45) is 0 Å². The number of likely N-dealkylation sites (tertiary alicyclic amines) is 1. The summed E-state index contributed by atoms with van der Waals surface area (Å²) >= 11 is 5.94. The van der Waals surface area contributed by atoms with Gasteiger partial charge >= 0.3 is 0 Å². The predicted molar refractivity (Wildman–Crippen MR) is 126 cm³/mol. The lowest BCUT2D eigenvalue weighted by Gasteiger charge is -2.38. The van der Waals surface area contributed by atoms with Gasteiger partial charge in [0.05, 0.1) is 22.8 Å². The third-order valence-corrected chi connectivity index (χ3v) is 6.60. The van der Waals surface area contributed by atoms with Crippen LogP contribution in [-0.2, 0) is 16.9 Å². The second-order valence-corrected chi connectivity index (χ2v) is 8.93. The molecule has 0 aliphatic carbocycles. The smallest absolute Gasteiger partial charge is 0.261 e. The van der Waals surface area contributed by atoms with Crippen LogP contribution in [0.3, 0.4) is 0 Å². The molecule has 1 aliphatic heterocycles. The molecule has 0 bridgehead atoms. The molecule has 1 N–H and O–H groups in total. The van der Waals surface area contributed by atoms with E-state index in [2.05, 4.69) is 4.98 Å². The third-order valence-electron chi connectivity index (χ3n) is 6.35. The number of amides is 1. The van der Waals surface area contributed by atoms with E-state index in [-0.39, 0.29) is 11.5 Å². The zero-order chi connectivity index (χ0) is 22.6. The number of carbonyl (C=O) groups is 1. The molecule has 1 amide bonds. The summed E-state index contributed by atoms with van der Waals surface area (Å²) in [6, 6.07) is 14.6. The van der Waals surface area contributed by atoms with Gasteiger partial charge in [-0.3, -0.25) is 14.2 Å². The average molecular weight is 454 g/mol. The third kappa shape index (κ3) is 5.03. The van der Waals surface area contributed by atoms with E-state index in [1.807, 2.05) is 35.2 Å². The Labute approximate surface area is 192 Å². The van der Waals surface area contributed by atoms with Crippen molar-refractivity contribution in [3.05, 3.63) is 75.8 Å². The van der Waals surface area contributed by atoms with Crippen LogP contribution in [0, 0.1) is 0 Å². The van der Waals surface area contributed by atoms with E-state index in [1.165, 1.54) is 0 Å². The van der Waals surface area contributed by atoms with Gasteiger partial charge in [-0.2, -0.15) is 0 Å². The monoisotopic (exact) mass is 453 g/mol. The summed E-state index contributed by atoms with van der Waals surface area (Å²) in [6.07, 6.45) is 5.62. The van der Waals surface area contributed by atoms with Gasteiger partial charge in [0.15, 0.2) is 0 Å². The number of piperidine rings is 1. The molecule has 0 saturated carbocycles. The maximum Gasteiger partial charge on any atom is 0.261 e. The highest BCUT2D eigenvalue weighted by Gasteiger charge is 2.35. The first kappa shape index (κ1) is 22.5. The van der Waals surface area contributed by atoms with E-state index in [4.69, 9.17) is 11.6 Å². The summed E-state index contributed by atoms with van der Waals surface area (Å²) in [4.78, 5) is 31.3. The van der Waals surface area contributed by atoms with E-state index in [0.29, 0.717) is 54.8 Å². The Kier molecular flexibility index (Phi) is 6.92. The van der Waals surface area contributed by atoms with Crippen LogP contribution in [0.5, 0.6) is 0 Å². The minimum atomic E-state index is -0.900. The summed E-state index contributed by atoms with van der Waals surface area (Å²) in [5, 5.41) is 12.2. The zero-order valence-corrected chi connectivity index (χ0v) is 18.8. The molecule has 0 spiro atoms. The largest absolute Gasteiger partial charge is 0.385 e. The van der Waals surface area contributed by atoms with Gasteiger partial charge in [0.2, 0.25) is 5.91 Å². The van der Waals surface area contributed by atoms with Gasteiger partial charge in [0.25, 0.3) is 5.56 Å². The zero-order valence-electron chi connectivity index (χ0n) is 18.0. The number of aromatic nitrogens is 2. The molecule has 6 nitrogen and oxygen atoms in total. The number of aryl methyl sites for hydroxylation is 1. The van der Waals surface area contributed by atoms with E-state index in [0.717, 1.165) is 24.8 Å². The summed E-state index contributed by atoms with van der Waals surface area (Å²) in [5.41, 5.74) is 0.645. The second kappa shape index (κ2) is 9.84. The maximum atomic E-state index is 12.6.